The molecule has 1 aromatic carbocycles. The van der Waals surface area contributed by atoms with E-state index in [0.717, 1.165) is 19.5 Å². The van der Waals surface area contributed by atoms with Gasteiger partial charge in [0, 0.05) is 31.9 Å². The van der Waals surface area contributed by atoms with Crippen LogP contribution in [0.1, 0.15) is 12.5 Å². The van der Waals surface area contributed by atoms with Crippen molar-refractivity contribution in [2.75, 3.05) is 37.3 Å². The Morgan fingerprint density at radius 2 is 1.72 bits per heavy atom. The minimum absolute atomic E-state index is 0.580. The summed E-state index contributed by atoms with van der Waals surface area (Å²) < 4.78 is 24.5. The molecule has 4 nitrogen and oxygen atoms in total. The van der Waals surface area contributed by atoms with E-state index in [1.807, 2.05) is 6.07 Å². The molecule has 1 saturated heterocycles. The van der Waals surface area contributed by atoms with Gasteiger partial charge in [0.15, 0.2) is 0 Å². The Kier molecular flexibility index (Phi) is 3.92. The van der Waals surface area contributed by atoms with Crippen molar-refractivity contribution in [3.05, 3.63) is 29.8 Å². The number of nitrogens with zero attached hydrogens (tertiary/aromatic N) is 2. The van der Waals surface area contributed by atoms with Gasteiger partial charge in [-0.15, -0.1) is 0 Å². The van der Waals surface area contributed by atoms with Gasteiger partial charge in [-0.2, -0.15) is 4.31 Å². The van der Waals surface area contributed by atoms with Crippen LogP contribution in [0.15, 0.2) is 24.3 Å². The average molecular weight is 268 g/mol. The molecule has 1 fully saturated rings. The number of anilines is 1. The number of piperazine rings is 1. The third kappa shape index (κ3) is 2.84. The van der Waals surface area contributed by atoms with Crippen molar-refractivity contribution in [1.82, 2.24) is 4.31 Å². The molecule has 1 aliphatic rings. The van der Waals surface area contributed by atoms with Gasteiger partial charge in [0.25, 0.3) is 0 Å². The van der Waals surface area contributed by atoms with Crippen molar-refractivity contribution in [2.24, 2.45) is 0 Å². The molecule has 5 heteroatoms. The second-order valence-electron chi connectivity index (χ2n) is 4.63. The number of para-hydroxylation sites is 1. The van der Waals surface area contributed by atoms with Gasteiger partial charge in [0.1, 0.15) is 0 Å². The number of rotatable bonds is 3. The summed E-state index contributed by atoms with van der Waals surface area (Å²) in [6.45, 7) is 4.84. The van der Waals surface area contributed by atoms with E-state index in [9.17, 15) is 8.42 Å². The molecular formula is C13H20N2O2S. The first-order valence-corrected chi connectivity index (χ1v) is 8.15. The molecule has 0 radical (unpaired) electrons. The second-order valence-corrected chi connectivity index (χ2v) is 6.61. The van der Waals surface area contributed by atoms with Crippen molar-refractivity contribution in [3.63, 3.8) is 0 Å². The second kappa shape index (κ2) is 5.28. The van der Waals surface area contributed by atoms with Gasteiger partial charge in [0.05, 0.1) is 6.26 Å². The summed E-state index contributed by atoms with van der Waals surface area (Å²) in [4.78, 5) is 2.28. The topological polar surface area (TPSA) is 40.6 Å². The maximum Gasteiger partial charge on any atom is 0.211 e. The molecule has 2 rings (SSSR count). The fourth-order valence-electron chi connectivity index (χ4n) is 2.38. The molecule has 0 amide bonds. The first-order chi connectivity index (χ1) is 8.52. The smallest absolute Gasteiger partial charge is 0.211 e. The van der Waals surface area contributed by atoms with Gasteiger partial charge < -0.3 is 4.90 Å². The van der Waals surface area contributed by atoms with E-state index in [2.05, 4.69) is 30.0 Å². The molecule has 1 aromatic rings. The third-order valence-corrected chi connectivity index (χ3v) is 4.72. The van der Waals surface area contributed by atoms with E-state index < -0.39 is 10.0 Å². The predicted molar refractivity (Wildman–Crippen MR) is 74.4 cm³/mol. The monoisotopic (exact) mass is 268 g/mol. The summed E-state index contributed by atoms with van der Waals surface area (Å²) in [5.41, 5.74) is 2.57. The van der Waals surface area contributed by atoms with Gasteiger partial charge >= 0.3 is 0 Å². The molecule has 0 N–H and O–H groups in total. The molecule has 0 atom stereocenters. The largest absolute Gasteiger partial charge is 0.369 e. The van der Waals surface area contributed by atoms with E-state index in [0.29, 0.717) is 13.1 Å². The van der Waals surface area contributed by atoms with Crippen LogP contribution in [-0.4, -0.2) is 45.2 Å². The lowest BCUT2D eigenvalue weighted by Crippen LogP contribution is -2.48. The standard InChI is InChI=1S/C13H20N2O2S/c1-3-12-6-4-5-7-13(12)14-8-10-15(11-9-14)18(2,16)17/h4-7H,3,8-11H2,1-2H3. The van der Waals surface area contributed by atoms with Crippen LogP contribution in [0, 0.1) is 0 Å². The normalized spacial score (nSPS) is 18.0. The Bertz CT molecular complexity index is 505. The maximum absolute atomic E-state index is 11.5. The van der Waals surface area contributed by atoms with E-state index >= 15 is 0 Å². The zero-order valence-corrected chi connectivity index (χ0v) is 11.8. The zero-order valence-electron chi connectivity index (χ0n) is 11.0. The molecule has 0 bridgehead atoms. The highest BCUT2D eigenvalue weighted by Crippen LogP contribution is 2.22. The SMILES string of the molecule is CCc1ccccc1N1CCN(S(C)(=O)=O)CC1. The van der Waals surface area contributed by atoms with Crippen LogP contribution in [0.2, 0.25) is 0 Å². The summed E-state index contributed by atoms with van der Waals surface area (Å²) in [6, 6.07) is 8.35. The van der Waals surface area contributed by atoms with Crippen LogP contribution in [0.3, 0.4) is 0 Å². The van der Waals surface area contributed by atoms with E-state index in [1.165, 1.54) is 17.5 Å². The van der Waals surface area contributed by atoms with Gasteiger partial charge in [-0.1, -0.05) is 25.1 Å². The summed E-state index contributed by atoms with van der Waals surface area (Å²) in [7, 11) is -3.04. The first-order valence-electron chi connectivity index (χ1n) is 6.30. The van der Waals surface area contributed by atoms with Crippen molar-refractivity contribution in [1.29, 1.82) is 0 Å². The molecular weight excluding hydrogens is 248 g/mol. The van der Waals surface area contributed by atoms with Crippen molar-refractivity contribution >= 4 is 15.7 Å². The number of hydrogen-bond acceptors (Lipinski definition) is 3. The van der Waals surface area contributed by atoms with Crippen molar-refractivity contribution in [2.45, 2.75) is 13.3 Å². The van der Waals surface area contributed by atoms with E-state index in [-0.39, 0.29) is 0 Å². The molecule has 0 saturated carbocycles. The molecule has 1 heterocycles. The van der Waals surface area contributed by atoms with Crippen LogP contribution in [0.4, 0.5) is 5.69 Å². The molecule has 0 unspecified atom stereocenters. The molecule has 100 valence electrons. The molecule has 0 spiro atoms. The summed E-state index contributed by atoms with van der Waals surface area (Å²) in [5, 5.41) is 0. The number of hydrogen-bond donors (Lipinski definition) is 0. The number of benzene rings is 1. The lowest BCUT2D eigenvalue weighted by molar-refractivity contribution is 0.388. The van der Waals surface area contributed by atoms with Gasteiger partial charge in [-0.25, -0.2) is 8.42 Å². The average Bonchev–Trinajstić information content (AvgIpc) is 2.38. The Morgan fingerprint density at radius 1 is 1.11 bits per heavy atom. The molecule has 0 aromatic heterocycles. The molecule has 1 aliphatic heterocycles. The van der Waals surface area contributed by atoms with Crippen LogP contribution in [-0.2, 0) is 16.4 Å². The lowest BCUT2D eigenvalue weighted by atomic mass is 10.1. The van der Waals surface area contributed by atoms with Crippen LogP contribution in [0.5, 0.6) is 0 Å². The Labute approximate surface area is 109 Å². The Hall–Kier alpha value is -1.07. The minimum Gasteiger partial charge on any atom is -0.369 e. The minimum atomic E-state index is -3.04. The fraction of sp³-hybridized carbons (Fsp3) is 0.538. The predicted octanol–water partition coefficient (Wildman–Crippen LogP) is 1.33. The Morgan fingerprint density at radius 3 is 2.28 bits per heavy atom. The van der Waals surface area contributed by atoms with Crippen molar-refractivity contribution < 1.29 is 8.42 Å². The number of aryl methyl sites for hydroxylation is 1. The van der Waals surface area contributed by atoms with Crippen LogP contribution < -0.4 is 4.90 Å². The fourth-order valence-corrected chi connectivity index (χ4v) is 3.21. The quantitative estimate of drug-likeness (QED) is 0.830. The van der Waals surface area contributed by atoms with Crippen molar-refractivity contribution in [3.8, 4) is 0 Å². The lowest BCUT2D eigenvalue weighted by Gasteiger charge is -2.35. The third-order valence-electron chi connectivity index (χ3n) is 3.42. The highest BCUT2D eigenvalue weighted by atomic mass is 32.2. The van der Waals surface area contributed by atoms with Gasteiger partial charge in [0.2, 0.25) is 10.0 Å². The highest BCUT2D eigenvalue weighted by molar-refractivity contribution is 7.88. The van der Waals surface area contributed by atoms with E-state index in [4.69, 9.17) is 0 Å². The van der Waals surface area contributed by atoms with Gasteiger partial charge in [-0.3, -0.25) is 0 Å². The first kappa shape index (κ1) is 13.4. The van der Waals surface area contributed by atoms with Gasteiger partial charge in [-0.05, 0) is 18.1 Å². The highest BCUT2D eigenvalue weighted by Gasteiger charge is 2.24. The van der Waals surface area contributed by atoms with Crippen LogP contribution >= 0.6 is 0 Å². The molecule has 18 heavy (non-hydrogen) atoms. The molecule has 0 aliphatic carbocycles. The Balaban J connectivity index is 2.10. The summed E-state index contributed by atoms with van der Waals surface area (Å²) >= 11 is 0. The number of sulfonamides is 1. The van der Waals surface area contributed by atoms with Crippen LogP contribution in [0.25, 0.3) is 0 Å². The summed E-state index contributed by atoms with van der Waals surface area (Å²) in [5.74, 6) is 0. The summed E-state index contributed by atoms with van der Waals surface area (Å²) in [6.07, 6.45) is 2.28. The zero-order chi connectivity index (χ0) is 13.2. The van der Waals surface area contributed by atoms with E-state index in [1.54, 1.807) is 4.31 Å². The maximum atomic E-state index is 11.5.